The summed E-state index contributed by atoms with van der Waals surface area (Å²) in [5.41, 5.74) is 0.447. The Morgan fingerprint density at radius 1 is 1.32 bits per heavy atom. The standard InChI is InChI=1S/C16H22F2N2O2/c17-14-5-4-12(9-15(14)18)10-16(22)19-6-8-20-7-2-1-3-13(20)11-21/h4-5,9,13,21H,1-3,6-8,10-11H2,(H,19,22)/t13-/m0/s1. The summed E-state index contributed by atoms with van der Waals surface area (Å²) in [5.74, 6) is -2.07. The second kappa shape index (κ2) is 8.19. The number of aliphatic hydroxyl groups excluding tert-OH is 1. The molecule has 0 aliphatic carbocycles. The maximum Gasteiger partial charge on any atom is 0.224 e. The molecule has 0 radical (unpaired) electrons. The summed E-state index contributed by atoms with van der Waals surface area (Å²) in [4.78, 5) is 14.0. The Morgan fingerprint density at radius 3 is 2.86 bits per heavy atom. The highest BCUT2D eigenvalue weighted by Gasteiger charge is 2.21. The van der Waals surface area contributed by atoms with Gasteiger partial charge in [-0.15, -0.1) is 0 Å². The predicted molar refractivity (Wildman–Crippen MR) is 79.4 cm³/mol. The fraction of sp³-hybridized carbons (Fsp3) is 0.562. The number of rotatable bonds is 6. The Balaban J connectivity index is 1.74. The maximum atomic E-state index is 13.1. The van der Waals surface area contributed by atoms with Crippen LogP contribution < -0.4 is 5.32 Å². The van der Waals surface area contributed by atoms with E-state index in [1.807, 2.05) is 0 Å². The van der Waals surface area contributed by atoms with E-state index < -0.39 is 11.6 Å². The Bertz CT molecular complexity index is 511. The quantitative estimate of drug-likeness (QED) is 0.836. The fourth-order valence-electron chi connectivity index (χ4n) is 2.80. The smallest absolute Gasteiger partial charge is 0.224 e. The van der Waals surface area contributed by atoms with Gasteiger partial charge in [-0.05, 0) is 37.1 Å². The van der Waals surface area contributed by atoms with Gasteiger partial charge in [0.15, 0.2) is 11.6 Å². The Kier molecular flexibility index (Phi) is 6.27. The van der Waals surface area contributed by atoms with Crippen molar-refractivity contribution in [2.24, 2.45) is 0 Å². The van der Waals surface area contributed by atoms with Gasteiger partial charge < -0.3 is 10.4 Å². The number of likely N-dealkylation sites (tertiary alicyclic amines) is 1. The molecule has 6 heteroatoms. The van der Waals surface area contributed by atoms with Gasteiger partial charge in [-0.1, -0.05) is 12.5 Å². The Hall–Kier alpha value is -1.53. The molecule has 1 saturated heterocycles. The second-order valence-corrected chi connectivity index (χ2v) is 5.64. The molecule has 0 unspecified atom stereocenters. The van der Waals surface area contributed by atoms with E-state index in [-0.39, 0.29) is 25.0 Å². The van der Waals surface area contributed by atoms with Crippen molar-refractivity contribution in [2.75, 3.05) is 26.2 Å². The molecule has 1 amide bonds. The van der Waals surface area contributed by atoms with Gasteiger partial charge in [0, 0.05) is 19.1 Å². The first-order valence-electron chi connectivity index (χ1n) is 7.65. The van der Waals surface area contributed by atoms with Crippen molar-refractivity contribution in [3.63, 3.8) is 0 Å². The number of carbonyl (C=O) groups is 1. The van der Waals surface area contributed by atoms with Crippen LogP contribution in [0, 0.1) is 11.6 Å². The van der Waals surface area contributed by atoms with Crippen LogP contribution in [-0.4, -0.2) is 48.2 Å². The third-order valence-corrected chi connectivity index (χ3v) is 4.03. The second-order valence-electron chi connectivity index (χ2n) is 5.64. The molecular formula is C16H22F2N2O2. The normalized spacial score (nSPS) is 19.1. The van der Waals surface area contributed by atoms with E-state index >= 15 is 0 Å². The van der Waals surface area contributed by atoms with Crippen molar-refractivity contribution < 1.29 is 18.7 Å². The van der Waals surface area contributed by atoms with Crippen molar-refractivity contribution in [2.45, 2.75) is 31.7 Å². The molecule has 4 nitrogen and oxygen atoms in total. The number of nitrogens with one attached hydrogen (secondary N) is 1. The molecular weight excluding hydrogens is 290 g/mol. The van der Waals surface area contributed by atoms with Gasteiger partial charge >= 0.3 is 0 Å². The van der Waals surface area contributed by atoms with Gasteiger partial charge in [-0.2, -0.15) is 0 Å². The van der Waals surface area contributed by atoms with Gasteiger partial charge in [0.2, 0.25) is 5.91 Å². The molecule has 1 atom stereocenters. The van der Waals surface area contributed by atoms with E-state index in [0.717, 1.165) is 37.9 Å². The van der Waals surface area contributed by atoms with E-state index in [9.17, 15) is 18.7 Å². The van der Waals surface area contributed by atoms with Crippen molar-refractivity contribution in [1.82, 2.24) is 10.2 Å². The lowest BCUT2D eigenvalue weighted by Gasteiger charge is -2.34. The highest BCUT2D eigenvalue weighted by atomic mass is 19.2. The molecule has 2 rings (SSSR count). The zero-order chi connectivity index (χ0) is 15.9. The average Bonchev–Trinajstić information content (AvgIpc) is 2.51. The van der Waals surface area contributed by atoms with Crippen LogP contribution >= 0.6 is 0 Å². The highest BCUT2D eigenvalue weighted by Crippen LogP contribution is 2.15. The predicted octanol–water partition coefficient (Wildman–Crippen LogP) is 1.47. The number of piperidine rings is 1. The summed E-state index contributed by atoms with van der Waals surface area (Å²) in [6.45, 7) is 2.25. The van der Waals surface area contributed by atoms with Crippen LogP contribution in [0.15, 0.2) is 18.2 Å². The van der Waals surface area contributed by atoms with E-state index in [1.165, 1.54) is 6.07 Å². The lowest BCUT2D eigenvalue weighted by molar-refractivity contribution is -0.120. The van der Waals surface area contributed by atoms with Crippen molar-refractivity contribution >= 4 is 5.91 Å². The molecule has 1 fully saturated rings. The van der Waals surface area contributed by atoms with Crippen LogP contribution in [0.2, 0.25) is 0 Å². The number of nitrogens with zero attached hydrogens (tertiary/aromatic N) is 1. The van der Waals surface area contributed by atoms with Crippen LogP contribution in [0.4, 0.5) is 8.78 Å². The van der Waals surface area contributed by atoms with Crippen molar-refractivity contribution in [3.8, 4) is 0 Å². The molecule has 0 spiro atoms. The minimum absolute atomic E-state index is 0.0284. The molecule has 22 heavy (non-hydrogen) atoms. The van der Waals surface area contributed by atoms with Gasteiger partial charge in [0.05, 0.1) is 13.0 Å². The number of halogens is 2. The van der Waals surface area contributed by atoms with Gasteiger partial charge in [-0.3, -0.25) is 9.69 Å². The fourth-order valence-corrected chi connectivity index (χ4v) is 2.80. The number of hydrogen-bond acceptors (Lipinski definition) is 3. The Labute approximate surface area is 129 Å². The minimum atomic E-state index is -0.940. The number of amides is 1. The maximum absolute atomic E-state index is 13.1. The van der Waals surface area contributed by atoms with Crippen molar-refractivity contribution in [3.05, 3.63) is 35.4 Å². The zero-order valence-electron chi connectivity index (χ0n) is 12.5. The molecule has 0 saturated carbocycles. The van der Waals surface area contributed by atoms with Crippen LogP contribution in [0.1, 0.15) is 24.8 Å². The zero-order valence-corrected chi connectivity index (χ0v) is 12.5. The molecule has 1 aromatic carbocycles. The Morgan fingerprint density at radius 2 is 2.14 bits per heavy atom. The van der Waals surface area contributed by atoms with Crippen LogP contribution in [-0.2, 0) is 11.2 Å². The first-order valence-corrected chi connectivity index (χ1v) is 7.65. The van der Waals surface area contributed by atoms with E-state index in [4.69, 9.17) is 0 Å². The first kappa shape index (κ1) is 16.8. The lowest BCUT2D eigenvalue weighted by atomic mass is 10.0. The largest absolute Gasteiger partial charge is 0.395 e. The van der Waals surface area contributed by atoms with Gasteiger partial charge in [0.25, 0.3) is 0 Å². The molecule has 122 valence electrons. The van der Waals surface area contributed by atoms with E-state index in [2.05, 4.69) is 10.2 Å². The lowest BCUT2D eigenvalue weighted by Crippen LogP contribution is -2.45. The first-order chi connectivity index (χ1) is 10.6. The molecule has 1 aliphatic heterocycles. The molecule has 0 bridgehead atoms. The van der Waals surface area contributed by atoms with E-state index in [0.29, 0.717) is 18.7 Å². The number of benzene rings is 1. The number of carbonyl (C=O) groups excluding carboxylic acids is 1. The minimum Gasteiger partial charge on any atom is -0.395 e. The molecule has 1 aromatic rings. The summed E-state index contributed by atoms with van der Waals surface area (Å²) >= 11 is 0. The van der Waals surface area contributed by atoms with Gasteiger partial charge in [0.1, 0.15) is 0 Å². The topological polar surface area (TPSA) is 52.6 Å². The molecule has 2 N–H and O–H groups in total. The highest BCUT2D eigenvalue weighted by molar-refractivity contribution is 5.78. The summed E-state index contributed by atoms with van der Waals surface area (Å²) in [7, 11) is 0. The molecule has 1 heterocycles. The number of hydrogen-bond donors (Lipinski definition) is 2. The monoisotopic (exact) mass is 312 g/mol. The SMILES string of the molecule is O=C(Cc1ccc(F)c(F)c1)NCCN1CCCC[C@H]1CO. The van der Waals surface area contributed by atoms with Gasteiger partial charge in [-0.25, -0.2) is 8.78 Å². The summed E-state index contributed by atoms with van der Waals surface area (Å²) in [6, 6.07) is 3.65. The summed E-state index contributed by atoms with van der Waals surface area (Å²) < 4.78 is 25.9. The van der Waals surface area contributed by atoms with Crippen molar-refractivity contribution in [1.29, 1.82) is 0 Å². The summed E-state index contributed by atoms with van der Waals surface area (Å²) in [5, 5.41) is 12.1. The number of aliphatic hydroxyl groups is 1. The summed E-state index contributed by atoms with van der Waals surface area (Å²) in [6.07, 6.45) is 3.25. The molecule has 0 aromatic heterocycles. The van der Waals surface area contributed by atoms with Crippen LogP contribution in [0.25, 0.3) is 0 Å². The van der Waals surface area contributed by atoms with E-state index in [1.54, 1.807) is 0 Å². The van der Waals surface area contributed by atoms with Crippen LogP contribution in [0.5, 0.6) is 0 Å². The third-order valence-electron chi connectivity index (χ3n) is 4.03. The molecule has 1 aliphatic rings. The van der Waals surface area contributed by atoms with Crippen LogP contribution in [0.3, 0.4) is 0 Å². The third kappa shape index (κ3) is 4.74. The average molecular weight is 312 g/mol.